The van der Waals surface area contributed by atoms with Crippen LogP contribution in [0.15, 0.2) is 16.9 Å². The maximum Gasteiger partial charge on any atom is 0.109 e. The molecule has 1 heterocycles. The fourth-order valence-corrected chi connectivity index (χ4v) is 2.17. The number of hydrogen-bond acceptors (Lipinski definition) is 3. The Morgan fingerprint density at radius 1 is 1.77 bits per heavy atom. The van der Waals surface area contributed by atoms with E-state index in [4.69, 9.17) is 5.41 Å². The third kappa shape index (κ3) is 2.72. The van der Waals surface area contributed by atoms with Crippen LogP contribution in [0.3, 0.4) is 0 Å². The van der Waals surface area contributed by atoms with Gasteiger partial charge in [0.15, 0.2) is 0 Å². The van der Waals surface area contributed by atoms with Crippen LogP contribution < -0.4 is 5.32 Å². The molecule has 0 atom stereocenters. The fourth-order valence-electron chi connectivity index (χ4n) is 0.824. The lowest BCUT2D eigenvalue weighted by molar-refractivity contribution is -0.556. The van der Waals surface area contributed by atoms with E-state index in [2.05, 4.69) is 20.9 Å². The zero-order valence-corrected chi connectivity index (χ0v) is 9.87. The van der Waals surface area contributed by atoms with Crippen molar-refractivity contribution in [2.75, 3.05) is 7.05 Å². The lowest BCUT2D eigenvalue weighted by Crippen LogP contribution is -2.73. The average Bonchev–Trinajstić information content (AvgIpc) is 2.51. The summed E-state index contributed by atoms with van der Waals surface area (Å²) in [6.07, 6.45) is 3.59. The van der Waals surface area contributed by atoms with Crippen molar-refractivity contribution in [1.82, 2.24) is 4.98 Å². The molecule has 1 aromatic heterocycles. The molecule has 0 aliphatic carbocycles. The Morgan fingerprint density at radius 2 is 2.46 bits per heavy atom. The molecule has 0 saturated carbocycles. The number of halogens is 1. The zero-order chi connectivity index (χ0) is 9.84. The van der Waals surface area contributed by atoms with E-state index in [1.54, 1.807) is 6.20 Å². The van der Waals surface area contributed by atoms with Gasteiger partial charge in [-0.15, -0.1) is 11.3 Å². The largest absolute Gasteiger partial charge is 0.321 e. The summed E-state index contributed by atoms with van der Waals surface area (Å²) < 4.78 is 0.790. The molecule has 0 spiro atoms. The van der Waals surface area contributed by atoms with Crippen molar-refractivity contribution in [3.8, 4) is 0 Å². The Balaban J connectivity index is 2.85. The van der Waals surface area contributed by atoms with Crippen molar-refractivity contribution in [3.63, 3.8) is 0 Å². The molecule has 3 nitrogen and oxygen atoms in total. The standard InChI is InChI=1S/C8H10BrN3S/c1-5-12-4-7(13-5)8(10)6(9)3-11-2/h3-4,10-11H,1-2H3/p+1. The molecule has 1 rings (SSSR count). The first-order valence-electron chi connectivity index (χ1n) is 3.82. The van der Waals surface area contributed by atoms with E-state index >= 15 is 0 Å². The Kier molecular flexibility index (Phi) is 3.77. The van der Waals surface area contributed by atoms with Crippen molar-refractivity contribution in [2.24, 2.45) is 0 Å². The maximum absolute atomic E-state index is 7.79. The highest BCUT2D eigenvalue weighted by atomic mass is 79.9. The second-order valence-corrected chi connectivity index (χ2v) is 4.56. The van der Waals surface area contributed by atoms with E-state index in [-0.39, 0.29) is 0 Å². The quantitative estimate of drug-likeness (QED) is 0.790. The first-order chi connectivity index (χ1) is 6.15. The van der Waals surface area contributed by atoms with Gasteiger partial charge in [-0.05, 0) is 22.9 Å². The minimum absolute atomic E-state index is 0.490. The first kappa shape index (κ1) is 10.6. The van der Waals surface area contributed by atoms with E-state index in [0.29, 0.717) is 5.71 Å². The lowest BCUT2D eigenvalue weighted by atomic mass is 10.3. The minimum atomic E-state index is 0.490. The van der Waals surface area contributed by atoms with Gasteiger partial charge in [-0.3, -0.25) is 5.41 Å². The fraction of sp³-hybridized carbons (Fsp3) is 0.250. The van der Waals surface area contributed by atoms with Gasteiger partial charge < -0.3 is 5.32 Å². The van der Waals surface area contributed by atoms with E-state index in [9.17, 15) is 0 Å². The molecular formula is C8H11BrN3S+. The molecule has 0 amide bonds. The molecule has 3 N–H and O–H groups in total. The Labute approximate surface area is 89.5 Å². The van der Waals surface area contributed by atoms with Gasteiger partial charge in [-0.25, -0.2) is 4.98 Å². The van der Waals surface area contributed by atoms with E-state index < -0.39 is 0 Å². The van der Waals surface area contributed by atoms with Gasteiger partial charge in [0.1, 0.15) is 6.20 Å². The van der Waals surface area contributed by atoms with Crippen molar-refractivity contribution < 1.29 is 5.32 Å². The highest BCUT2D eigenvalue weighted by Gasteiger charge is 2.08. The number of rotatable bonds is 3. The van der Waals surface area contributed by atoms with Gasteiger partial charge >= 0.3 is 0 Å². The van der Waals surface area contributed by atoms with Crippen LogP contribution in [0.4, 0.5) is 0 Å². The molecule has 0 radical (unpaired) electrons. The average molecular weight is 261 g/mol. The van der Waals surface area contributed by atoms with Crippen molar-refractivity contribution in [3.05, 3.63) is 26.8 Å². The number of aromatic nitrogens is 1. The van der Waals surface area contributed by atoms with Crippen LogP contribution in [0.5, 0.6) is 0 Å². The molecule has 0 bridgehead atoms. The SMILES string of the molecule is C[NH2+]C=C(Br)C(=N)c1cnc(C)s1. The Bertz CT molecular complexity index is 343. The summed E-state index contributed by atoms with van der Waals surface area (Å²) in [6, 6.07) is 0. The molecule has 0 fully saturated rings. The van der Waals surface area contributed by atoms with Gasteiger partial charge in [-0.1, -0.05) is 0 Å². The van der Waals surface area contributed by atoms with Crippen LogP contribution in [0.1, 0.15) is 9.88 Å². The third-order valence-electron chi connectivity index (χ3n) is 1.42. The number of nitrogens with zero attached hydrogens (tertiary/aromatic N) is 1. The van der Waals surface area contributed by atoms with Gasteiger partial charge in [0.2, 0.25) is 0 Å². The topological polar surface area (TPSA) is 53.4 Å². The van der Waals surface area contributed by atoms with Crippen LogP contribution in [-0.2, 0) is 0 Å². The van der Waals surface area contributed by atoms with Crippen LogP contribution in [0, 0.1) is 12.3 Å². The van der Waals surface area contributed by atoms with Crippen molar-refractivity contribution in [1.29, 1.82) is 5.41 Å². The number of nitrogens with two attached hydrogens (primary N) is 1. The monoisotopic (exact) mass is 260 g/mol. The van der Waals surface area contributed by atoms with Crippen LogP contribution >= 0.6 is 27.3 Å². The van der Waals surface area contributed by atoms with E-state index in [1.807, 2.05) is 25.5 Å². The Hall–Kier alpha value is -0.520. The Morgan fingerprint density at radius 3 is 2.92 bits per heavy atom. The van der Waals surface area contributed by atoms with Gasteiger partial charge in [0.05, 0.1) is 27.1 Å². The summed E-state index contributed by atoms with van der Waals surface area (Å²) in [5.74, 6) is 0. The molecule has 0 aliphatic heterocycles. The molecule has 0 aromatic carbocycles. The molecule has 5 heteroatoms. The summed E-state index contributed by atoms with van der Waals surface area (Å²) in [7, 11) is 1.92. The number of hydrogen-bond donors (Lipinski definition) is 2. The van der Waals surface area contributed by atoms with Crippen LogP contribution in [0.25, 0.3) is 0 Å². The van der Waals surface area contributed by atoms with Crippen LogP contribution in [0.2, 0.25) is 0 Å². The lowest BCUT2D eigenvalue weighted by Gasteiger charge is -1.95. The number of nitrogens with one attached hydrogen (secondary N) is 1. The number of aryl methyl sites for hydroxylation is 1. The van der Waals surface area contributed by atoms with Gasteiger partial charge in [-0.2, -0.15) is 0 Å². The normalized spacial score (nSPS) is 11.8. The number of thiazole rings is 1. The smallest absolute Gasteiger partial charge is 0.109 e. The minimum Gasteiger partial charge on any atom is -0.321 e. The molecule has 13 heavy (non-hydrogen) atoms. The first-order valence-corrected chi connectivity index (χ1v) is 5.43. The second kappa shape index (κ2) is 4.64. The molecule has 0 aliphatic rings. The molecule has 0 saturated heterocycles. The van der Waals surface area contributed by atoms with E-state index in [1.165, 1.54) is 11.3 Å². The molecule has 0 unspecified atom stereocenters. The zero-order valence-electron chi connectivity index (χ0n) is 7.47. The second-order valence-electron chi connectivity index (χ2n) is 2.47. The van der Waals surface area contributed by atoms with Crippen molar-refractivity contribution in [2.45, 2.75) is 6.92 Å². The number of quaternary nitrogens is 1. The summed E-state index contributed by atoms with van der Waals surface area (Å²) in [4.78, 5) is 4.99. The van der Waals surface area contributed by atoms with Gasteiger partial charge in [0.25, 0.3) is 0 Å². The molecular weight excluding hydrogens is 250 g/mol. The third-order valence-corrected chi connectivity index (χ3v) is 3.01. The predicted octanol–water partition coefficient (Wildman–Crippen LogP) is 1.25. The predicted molar refractivity (Wildman–Crippen MR) is 58.5 cm³/mol. The summed E-state index contributed by atoms with van der Waals surface area (Å²) >= 11 is 4.86. The highest BCUT2D eigenvalue weighted by molar-refractivity contribution is 9.12. The molecule has 1 aromatic rings. The maximum atomic E-state index is 7.79. The van der Waals surface area contributed by atoms with Crippen LogP contribution in [-0.4, -0.2) is 17.7 Å². The summed E-state index contributed by atoms with van der Waals surface area (Å²) in [6.45, 7) is 1.94. The highest BCUT2D eigenvalue weighted by Crippen LogP contribution is 2.18. The van der Waals surface area contributed by atoms with Crippen molar-refractivity contribution >= 4 is 33.0 Å². The summed E-state index contributed by atoms with van der Waals surface area (Å²) in [5, 5.41) is 10.7. The van der Waals surface area contributed by atoms with E-state index in [0.717, 1.165) is 14.4 Å². The van der Waals surface area contributed by atoms with Gasteiger partial charge in [0, 0.05) is 6.20 Å². The summed E-state index contributed by atoms with van der Waals surface area (Å²) in [5.41, 5.74) is 0.490. The molecule has 70 valence electrons. The number of allylic oxidation sites excluding steroid dienone is 1.